The molecule has 1 heterocycles. The maximum atomic E-state index is 14.3. The number of halogens is 2. The molecule has 0 spiro atoms. The second-order valence-corrected chi connectivity index (χ2v) is 4.45. The minimum absolute atomic E-state index is 0.0219. The SMILES string of the molecule is FC12C=C(c3ccccn3)C(F)(CC1)C2. The fourth-order valence-corrected chi connectivity index (χ4v) is 2.62. The molecule has 15 heavy (non-hydrogen) atoms. The Hall–Kier alpha value is -1.25. The lowest BCUT2D eigenvalue weighted by Crippen LogP contribution is -2.18. The summed E-state index contributed by atoms with van der Waals surface area (Å²) in [6, 6.07) is 5.30. The second-order valence-electron chi connectivity index (χ2n) is 4.45. The lowest BCUT2D eigenvalue weighted by atomic mass is 9.92. The zero-order chi connectivity index (χ0) is 10.5. The Labute approximate surface area is 86.8 Å². The fraction of sp³-hybridized carbons (Fsp3) is 0.417. The van der Waals surface area contributed by atoms with Crippen LogP contribution in [0, 0.1) is 0 Å². The van der Waals surface area contributed by atoms with Crippen LogP contribution in [0.4, 0.5) is 8.78 Å². The van der Waals surface area contributed by atoms with E-state index in [4.69, 9.17) is 0 Å². The van der Waals surface area contributed by atoms with Crippen molar-refractivity contribution in [3.05, 3.63) is 36.2 Å². The third kappa shape index (κ3) is 1.22. The van der Waals surface area contributed by atoms with Crippen molar-refractivity contribution in [1.82, 2.24) is 4.98 Å². The zero-order valence-corrected chi connectivity index (χ0v) is 8.21. The van der Waals surface area contributed by atoms with Crippen molar-refractivity contribution in [1.29, 1.82) is 0 Å². The van der Waals surface area contributed by atoms with E-state index in [0.29, 0.717) is 17.7 Å². The summed E-state index contributed by atoms with van der Waals surface area (Å²) in [6.45, 7) is 0. The first-order chi connectivity index (χ1) is 7.11. The minimum atomic E-state index is -1.48. The molecule has 1 aromatic rings. The highest BCUT2D eigenvalue weighted by Gasteiger charge is 2.56. The summed E-state index contributed by atoms with van der Waals surface area (Å²) in [5.41, 5.74) is -1.90. The van der Waals surface area contributed by atoms with Crippen LogP contribution in [-0.2, 0) is 0 Å². The van der Waals surface area contributed by atoms with Gasteiger partial charge in [0.15, 0.2) is 0 Å². The number of allylic oxidation sites excluding steroid dienone is 2. The first kappa shape index (κ1) is 9.01. The number of rotatable bonds is 1. The zero-order valence-electron chi connectivity index (χ0n) is 8.21. The highest BCUT2D eigenvalue weighted by Crippen LogP contribution is 2.56. The van der Waals surface area contributed by atoms with Gasteiger partial charge in [-0.25, -0.2) is 8.78 Å². The quantitative estimate of drug-likeness (QED) is 0.689. The molecule has 0 amide bonds. The van der Waals surface area contributed by atoms with Crippen LogP contribution in [0.15, 0.2) is 30.5 Å². The van der Waals surface area contributed by atoms with Gasteiger partial charge in [0, 0.05) is 18.2 Å². The molecule has 0 aliphatic heterocycles. The molecule has 0 radical (unpaired) electrons. The maximum Gasteiger partial charge on any atom is 0.141 e. The van der Waals surface area contributed by atoms with Crippen molar-refractivity contribution in [2.45, 2.75) is 30.6 Å². The predicted molar refractivity (Wildman–Crippen MR) is 53.7 cm³/mol. The van der Waals surface area contributed by atoms with Gasteiger partial charge in [-0.2, -0.15) is 0 Å². The average molecular weight is 207 g/mol. The van der Waals surface area contributed by atoms with Gasteiger partial charge in [0.1, 0.15) is 11.3 Å². The van der Waals surface area contributed by atoms with E-state index in [9.17, 15) is 8.78 Å². The van der Waals surface area contributed by atoms with Crippen LogP contribution in [0.3, 0.4) is 0 Å². The van der Waals surface area contributed by atoms with Gasteiger partial charge in [0.05, 0.1) is 5.69 Å². The van der Waals surface area contributed by atoms with Crippen LogP contribution in [0.1, 0.15) is 25.0 Å². The van der Waals surface area contributed by atoms with Crippen LogP contribution in [-0.4, -0.2) is 16.3 Å². The smallest absolute Gasteiger partial charge is 0.141 e. The Balaban J connectivity index is 2.09. The van der Waals surface area contributed by atoms with E-state index in [0.717, 1.165) is 0 Å². The molecule has 1 fully saturated rings. The molecule has 1 saturated carbocycles. The van der Waals surface area contributed by atoms with Crippen molar-refractivity contribution in [3.8, 4) is 0 Å². The van der Waals surface area contributed by atoms with Gasteiger partial charge in [-0.3, -0.25) is 4.98 Å². The Bertz CT molecular complexity index is 429. The molecule has 1 aromatic heterocycles. The fourth-order valence-electron chi connectivity index (χ4n) is 2.62. The topological polar surface area (TPSA) is 12.9 Å². The Kier molecular flexibility index (Phi) is 1.59. The first-order valence-electron chi connectivity index (χ1n) is 5.14. The number of alkyl halides is 2. The molecule has 2 atom stereocenters. The van der Waals surface area contributed by atoms with Crippen LogP contribution >= 0.6 is 0 Å². The van der Waals surface area contributed by atoms with Crippen molar-refractivity contribution >= 4 is 5.57 Å². The first-order valence-corrected chi connectivity index (χ1v) is 5.14. The van der Waals surface area contributed by atoms with E-state index < -0.39 is 11.3 Å². The number of pyridine rings is 1. The van der Waals surface area contributed by atoms with E-state index in [-0.39, 0.29) is 12.8 Å². The maximum absolute atomic E-state index is 14.3. The summed E-state index contributed by atoms with van der Waals surface area (Å²) in [5, 5.41) is 0. The average Bonchev–Trinajstić information content (AvgIpc) is 2.68. The monoisotopic (exact) mass is 207 g/mol. The van der Waals surface area contributed by atoms with Crippen LogP contribution in [0.2, 0.25) is 0 Å². The summed E-state index contributed by atoms with van der Waals surface area (Å²) in [7, 11) is 0. The molecule has 2 bridgehead atoms. The van der Waals surface area contributed by atoms with E-state index in [1.165, 1.54) is 6.08 Å². The van der Waals surface area contributed by atoms with E-state index >= 15 is 0 Å². The standard InChI is InChI=1S/C12H11F2N/c13-11-4-5-12(14,8-11)9(7-11)10-3-1-2-6-15-10/h1-3,6-7H,4-5,8H2. The molecule has 0 aromatic carbocycles. The highest BCUT2D eigenvalue weighted by molar-refractivity contribution is 5.75. The van der Waals surface area contributed by atoms with E-state index in [1.54, 1.807) is 24.4 Å². The number of hydrogen-bond acceptors (Lipinski definition) is 1. The predicted octanol–water partition coefficient (Wildman–Crippen LogP) is 3.08. The van der Waals surface area contributed by atoms with Crippen LogP contribution in [0.25, 0.3) is 5.57 Å². The molecule has 3 rings (SSSR count). The van der Waals surface area contributed by atoms with E-state index in [1.807, 2.05) is 0 Å². The molecule has 2 unspecified atom stereocenters. The van der Waals surface area contributed by atoms with Crippen LogP contribution in [0.5, 0.6) is 0 Å². The third-order valence-electron chi connectivity index (χ3n) is 3.34. The van der Waals surface area contributed by atoms with Gasteiger partial charge >= 0.3 is 0 Å². The van der Waals surface area contributed by atoms with Gasteiger partial charge in [-0.05, 0) is 31.1 Å². The van der Waals surface area contributed by atoms with Gasteiger partial charge < -0.3 is 0 Å². The summed E-state index contributed by atoms with van der Waals surface area (Å²) in [4.78, 5) is 4.08. The van der Waals surface area contributed by atoms with Gasteiger partial charge in [-0.15, -0.1) is 0 Å². The highest BCUT2D eigenvalue weighted by atomic mass is 19.2. The number of aromatic nitrogens is 1. The summed E-state index contributed by atoms with van der Waals surface area (Å²) in [6.07, 6.45) is 3.60. The molecular weight excluding hydrogens is 196 g/mol. The van der Waals surface area contributed by atoms with Crippen molar-refractivity contribution in [2.24, 2.45) is 0 Å². The molecule has 78 valence electrons. The summed E-state index contributed by atoms with van der Waals surface area (Å²) < 4.78 is 28.3. The lowest BCUT2D eigenvalue weighted by molar-refractivity contribution is 0.209. The van der Waals surface area contributed by atoms with Gasteiger partial charge in [0.2, 0.25) is 0 Å². The van der Waals surface area contributed by atoms with Crippen molar-refractivity contribution < 1.29 is 8.78 Å². The Morgan fingerprint density at radius 3 is 2.60 bits per heavy atom. The van der Waals surface area contributed by atoms with Gasteiger partial charge in [-0.1, -0.05) is 6.07 Å². The molecule has 2 aliphatic rings. The van der Waals surface area contributed by atoms with Crippen molar-refractivity contribution in [3.63, 3.8) is 0 Å². The molecule has 3 heteroatoms. The molecule has 1 nitrogen and oxygen atoms in total. The molecule has 0 saturated heterocycles. The molecular formula is C12H11F2N. The molecule has 2 aliphatic carbocycles. The summed E-state index contributed by atoms with van der Waals surface area (Å²) in [5.74, 6) is 0. The van der Waals surface area contributed by atoms with E-state index in [2.05, 4.69) is 4.98 Å². The summed E-state index contributed by atoms with van der Waals surface area (Å²) >= 11 is 0. The Morgan fingerprint density at radius 1 is 1.20 bits per heavy atom. The minimum Gasteiger partial charge on any atom is -0.256 e. The third-order valence-corrected chi connectivity index (χ3v) is 3.34. The largest absolute Gasteiger partial charge is 0.256 e. The molecule has 0 N–H and O–H groups in total. The normalized spacial score (nSPS) is 38.1. The number of hydrogen-bond donors (Lipinski definition) is 0. The van der Waals surface area contributed by atoms with Crippen molar-refractivity contribution in [2.75, 3.05) is 0 Å². The Morgan fingerprint density at radius 2 is 2.07 bits per heavy atom. The number of fused-ring (bicyclic) bond motifs is 2. The second kappa shape index (κ2) is 2.65. The van der Waals surface area contributed by atoms with Gasteiger partial charge in [0.25, 0.3) is 0 Å². The number of nitrogens with zero attached hydrogens (tertiary/aromatic N) is 1. The van der Waals surface area contributed by atoms with Crippen LogP contribution < -0.4 is 0 Å². The lowest BCUT2D eigenvalue weighted by Gasteiger charge is -2.20.